The predicted octanol–water partition coefficient (Wildman–Crippen LogP) is 7.55. The van der Waals surface area contributed by atoms with Crippen molar-refractivity contribution in [2.45, 2.75) is 27.2 Å². The van der Waals surface area contributed by atoms with Crippen molar-refractivity contribution in [2.24, 2.45) is 17.0 Å². The second-order valence-corrected chi connectivity index (χ2v) is 9.61. The molecule has 4 aromatic carbocycles. The van der Waals surface area contributed by atoms with Crippen molar-refractivity contribution in [3.05, 3.63) is 107 Å². The molecule has 6 nitrogen and oxygen atoms in total. The van der Waals surface area contributed by atoms with Gasteiger partial charge in [0.15, 0.2) is 5.84 Å². The molecule has 0 atom stereocenters. The van der Waals surface area contributed by atoms with E-state index >= 15 is 0 Å². The van der Waals surface area contributed by atoms with Gasteiger partial charge >= 0.3 is 0 Å². The number of phenols is 3. The van der Waals surface area contributed by atoms with Crippen molar-refractivity contribution in [2.75, 3.05) is 0 Å². The Morgan fingerprint density at radius 2 is 1.28 bits per heavy atom. The van der Waals surface area contributed by atoms with Crippen LogP contribution in [-0.4, -0.2) is 31.4 Å². The number of allylic oxidation sites excluding steroid dienone is 1. The number of hydrogen-bond acceptors (Lipinski definition) is 4. The number of fused-ring (bicyclic) bond motifs is 3. The van der Waals surface area contributed by atoms with Gasteiger partial charge in [0, 0.05) is 40.5 Å². The molecule has 0 bridgehead atoms. The maximum Gasteiger partial charge on any atom is 0.163 e. The first-order valence-corrected chi connectivity index (χ1v) is 12.9. The Hall–Kier alpha value is -4.84. The zero-order valence-corrected chi connectivity index (χ0v) is 22.5. The van der Waals surface area contributed by atoms with Crippen LogP contribution in [-0.2, 0) is 7.05 Å². The van der Waals surface area contributed by atoms with Gasteiger partial charge in [-0.25, -0.2) is 9.98 Å². The van der Waals surface area contributed by atoms with Crippen LogP contribution >= 0.6 is 0 Å². The number of benzene rings is 4. The van der Waals surface area contributed by atoms with E-state index in [1.807, 2.05) is 64.2 Å². The summed E-state index contributed by atoms with van der Waals surface area (Å²) in [7, 11) is 1.98. The fraction of sp³-hybridized carbons (Fsp3) is 0.152. The fourth-order valence-corrected chi connectivity index (χ4v) is 4.84. The fourth-order valence-electron chi connectivity index (χ4n) is 4.84. The standard InChI is InChI=1S/C33H31N3O3/c1-5-20(2)32(23-13-7-10-16-29(23)37)35-33(24-14-8-11-17-30(24)38)34-21(3)25-18-26-22-12-6-9-15-27(22)36(4)28(26)19-31(25)39/h6-19,37-39H,5H2,1-4H3. The van der Waals surface area contributed by atoms with E-state index in [1.54, 1.807) is 36.4 Å². The molecular weight excluding hydrogens is 486 g/mol. The lowest BCUT2D eigenvalue weighted by atomic mass is 10.0. The Bertz CT molecular complexity index is 1810. The monoisotopic (exact) mass is 517 g/mol. The van der Waals surface area contributed by atoms with Crippen molar-refractivity contribution in [3.63, 3.8) is 0 Å². The molecule has 3 N–H and O–H groups in total. The van der Waals surface area contributed by atoms with Crippen molar-refractivity contribution < 1.29 is 15.3 Å². The molecule has 0 aliphatic carbocycles. The quantitative estimate of drug-likeness (QED) is 0.166. The highest BCUT2D eigenvalue weighted by molar-refractivity contribution is 6.17. The first-order valence-electron chi connectivity index (χ1n) is 12.9. The number of hydrogen-bond donors (Lipinski definition) is 3. The van der Waals surface area contributed by atoms with Gasteiger partial charge in [0.25, 0.3) is 0 Å². The Labute approximate surface area is 227 Å². The Kier molecular flexibility index (Phi) is 6.94. The molecule has 0 fully saturated rings. The van der Waals surface area contributed by atoms with Gasteiger partial charge in [-0.1, -0.05) is 49.4 Å². The lowest BCUT2D eigenvalue weighted by Crippen LogP contribution is -2.06. The van der Waals surface area contributed by atoms with Gasteiger partial charge in [-0.05, 0) is 62.2 Å². The largest absolute Gasteiger partial charge is 0.507 e. The lowest BCUT2D eigenvalue weighted by Gasteiger charge is -2.13. The van der Waals surface area contributed by atoms with Crippen LogP contribution in [0.1, 0.15) is 43.9 Å². The maximum atomic E-state index is 11.1. The third kappa shape index (κ3) is 4.77. The number of aryl methyl sites for hydroxylation is 1. The van der Waals surface area contributed by atoms with E-state index in [0.717, 1.165) is 27.4 Å². The van der Waals surface area contributed by atoms with Crippen molar-refractivity contribution in [3.8, 4) is 17.2 Å². The minimum atomic E-state index is 0.0345. The Balaban J connectivity index is 1.74. The molecule has 5 rings (SSSR count). The molecule has 39 heavy (non-hydrogen) atoms. The molecule has 0 radical (unpaired) electrons. The van der Waals surface area contributed by atoms with E-state index < -0.39 is 0 Å². The second kappa shape index (κ2) is 10.5. The summed E-state index contributed by atoms with van der Waals surface area (Å²) in [5.74, 6) is 0.523. The van der Waals surface area contributed by atoms with Crippen molar-refractivity contribution in [1.82, 2.24) is 4.57 Å². The average Bonchev–Trinajstić information content (AvgIpc) is 3.21. The smallest absolute Gasteiger partial charge is 0.163 e. The van der Waals surface area contributed by atoms with Crippen molar-refractivity contribution in [1.29, 1.82) is 0 Å². The highest BCUT2D eigenvalue weighted by Gasteiger charge is 2.17. The molecule has 0 aliphatic rings. The second-order valence-electron chi connectivity index (χ2n) is 9.61. The summed E-state index contributed by atoms with van der Waals surface area (Å²) in [5, 5.41) is 34.5. The van der Waals surface area contributed by atoms with Crippen LogP contribution in [0.25, 0.3) is 27.5 Å². The summed E-state index contributed by atoms with van der Waals surface area (Å²) in [6.45, 7) is 5.80. The number of para-hydroxylation sites is 3. The summed E-state index contributed by atoms with van der Waals surface area (Å²) in [5.41, 5.74) is 5.66. The van der Waals surface area contributed by atoms with E-state index in [1.165, 1.54) is 0 Å². The topological polar surface area (TPSA) is 90.3 Å². The number of aliphatic imine (C=N–C) groups is 2. The highest BCUT2D eigenvalue weighted by atomic mass is 16.3. The number of nitrogens with zero attached hydrogens (tertiary/aromatic N) is 3. The van der Waals surface area contributed by atoms with Gasteiger partial charge in [-0.2, -0.15) is 0 Å². The average molecular weight is 518 g/mol. The SMILES string of the molecule is CCC(C)=C(N=C(N=C(C)c1cc2c3ccccc3n(C)c2cc1O)c1ccccc1O)c1ccccc1O. The number of rotatable bonds is 5. The van der Waals surface area contributed by atoms with Crippen LogP contribution in [0.15, 0.2) is 100 Å². The maximum absolute atomic E-state index is 11.1. The molecule has 0 unspecified atom stereocenters. The van der Waals surface area contributed by atoms with E-state index in [9.17, 15) is 15.3 Å². The molecule has 0 amide bonds. The van der Waals surface area contributed by atoms with Crippen LogP contribution in [0.2, 0.25) is 0 Å². The molecule has 6 heteroatoms. The van der Waals surface area contributed by atoms with E-state index in [2.05, 4.69) is 16.7 Å². The van der Waals surface area contributed by atoms with Gasteiger partial charge < -0.3 is 19.9 Å². The molecule has 196 valence electrons. The van der Waals surface area contributed by atoms with E-state index in [0.29, 0.717) is 34.5 Å². The van der Waals surface area contributed by atoms with E-state index in [4.69, 9.17) is 9.98 Å². The normalized spacial score (nSPS) is 13.2. The molecule has 0 saturated carbocycles. The third-order valence-electron chi connectivity index (χ3n) is 7.15. The zero-order valence-electron chi connectivity index (χ0n) is 22.5. The molecular formula is C33H31N3O3. The van der Waals surface area contributed by atoms with Gasteiger partial charge in [-0.15, -0.1) is 0 Å². The van der Waals surface area contributed by atoms with Gasteiger partial charge in [0.2, 0.25) is 0 Å². The summed E-state index contributed by atoms with van der Waals surface area (Å²) in [6.07, 6.45) is 0.711. The number of aromatic hydroxyl groups is 3. The summed E-state index contributed by atoms with van der Waals surface area (Å²) < 4.78 is 2.06. The molecule has 1 aromatic heterocycles. The molecule has 1 heterocycles. The Morgan fingerprint density at radius 3 is 1.95 bits per heavy atom. The minimum Gasteiger partial charge on any atom is -0.507 e. The first kappa shape index (κ1) is 25.8. The number of amidine groups is 1. The number of aromatic nitrogens is 1. The van der Waals surface area contributed by atoms with Crippen LogP contribution in [0, 0.1) is 0 Å². The summed E-state index contributed by atoms with van der Waals surface area (Å²) in [4.78, 5) is 9.79. The molecule has 0 aliphatic heterocycles. The van der Waals surface area contributed by atoms with Gasteiger partial charge in [0.05, 0.1) is 22.5 Å². The zero-order chi connectivity index (χ0) is 27.7. The lowest BCUT2D eigenvalue weighted by molar-refractivity contribution is 0.473. The van der Waals surface area contributed by atoms with Crippen LogP contribution < -0.4 is 0 Å². The molecule has 0 saturated heterocycles. The van der Waals surface area contributed by atoms with Gasteiger partial charge in [-0.3, -0.25) is 0 Å². The summed E-state index contributed by atoms with van der Waals surface area (Å²) in [6, 6.07) is 25.8. The minimum absolute atomic E-state index is 0.0345. The third-order valence-corrected chi connectivity index (χ3v) is 7.15. The van der Waals surface area contributed by atoms with Gasteiger partial charge in [0.1, 0.15) is 17.2 Å². The van der Waals surface area contributed by atoms with E-state index in [-0.39, 0.29) is 23.1 Å². The highest BCUT2D eigenvalue weighted by Crippen LogP contribution is 2.34. The van der Waals surface area contributed by atoms with Crippen molar-refractivity contribution >= 4 is 39.1 Å². The number of phenolic OH excluding ortho intramolecular Hbond substituents is 3. The predicted molar refractivity (Wildman–Crippen MR) is 160 cm³/mol. The van der Waals surface area contributed by atoms with Crippen LogP contribution in [0.4, 0.5) is 0 Å². The first-order chi connectivity index (χ1) is 18.8. The van der Waals surface area contributed by atoms with Crippen LogP contribution in [0.5, 0.6) is 17.2 Å². The Morgan fingerprint density at radius 1 is 0.667 bits per heavy atom. The molecule has 5 aromatic rings. The van der Waals surface area contributed by atoms with Crippen LogP contribution in [0.3, 0.4) is 0 Å². The summed E-state index contributed by atoms with van der Waals surface area (Å²) >= 11 is 0. The molecule has 0 spiro atoms.